The summed E-state index contributed by atoms with van der Waals surface area (Å²) < 4.78 is 0. The maximum Gasteiger partial charge on any atom is 0.226 e. The molecule has 0 fully saturated rings. The van der Waals surface area contributed by atoms with Crippen LogP contribution in [-0.2, 0) is 11.2 Å². The molecule has 1 aromatic heterocycles. The lowest BCUT2D eigenvalue weighted by Gasteiger charge is -2.09. The van der Waals surface area contributed by atoms with Gasteiger partial charge in [0.05, 0.1) is 12.1 Å². The Morgan fingerprint density at radius 1 is 1.40 bits per heavy atom. The van der Waals surface area contributed by atoms with Gasteiger partial charge in [-0.3, -0.25) is 4.79 Å². The van der Waals surface area contributed by atoms with Crippen molar-refractivity contribution in [3.05, 3.63) is 40.9 Å². The van der Waals surface area contributed by atoms with Crippen LogP contribution in [0, 0.1) is 6.92 Å². The number of carbonyl (C=O) groups excluding carboxylic acids is 1. The molecule has 106 valence electrons. The van der Waals surface area contributed by atoms with Gasteiger partial charge in [-0.2, -0.15) is 0 Å². The van der Waals surface area contributed by atoms with E-state index in [9.17, 15) is 4.79 Å². The molecule has 0 aliphatic carbocycles. The fraction of sp³-hybridized carbons (Fsp3) is 0.333. The Balaban J connectivity index is 2.02. The third-order valence-electron chi connectivity index (χ3n) is 2.95. The molecule has 1 amide bonds. The second kappa shape index (κ2) is 6.63. The van der Waals surface area contributed by atoms with Gasteiger partial charge >= 0.3 is 0 Å². The first kappa shape index (κ1) is 14.7. The highest BCUT2D eigenvalue weighted by atomic mass is 32.1. The van der Waals surface area contributed by atoms with Gasteiger partial charge in [-0.25, -0.2) is 4.98 Å². The van der Waals surface area contributed by atoms with Crippen LogP contribution in [0.25, 0.3) is 10.6 Å². The minimum atomic E-state index is -0.0382. The number of hydrogen-bond donors (Lipinski definition) is 2. The number of thiazole rings is 1. The monoisotopic (exact) mass is 289 g/mol. The SMILES string of the molecule is Cc1ccc(-c2nc(CC(=O)N[C@@H](C)CN)cs2)cc1. The molecule has 1 heterocycles. The van der Waals surface area contributed by atoms with Gasteiger partial charge in [0.2, 0.25) is 5.91 Å². The number of rotatable bonds is 5. The predicted octanol–water partition coefficient (Wildman–Crippen LogP) is 2.12. The zero-order valence-electron chi connectivity index (χ0n) is 11.7. The topological polar surface area (TPSA) is 68.0 Å². The van der Waals surface area contributed by atoms with Gasteiger partial charge in [0.15, 0.2) is 0 Å². The van der Waals surface area contributed by atoms with Crippen LogP contribution in [-0.4, -0.2) is 23.5 Å². The van der Waals surface area contributed by atoms with Crippen LogP contribution in [0.15, 0.2) is 29.6 Å². The van der Waals surface area contributed by atoms with Crippen LogP contribution in [0.4, 0.5) is 0 Å². The van der Waals surface area contributed by atoms with Crippen LogP contribution in [0.2, 0.25) is 0 Å². The number of carbonyl (C=O) groups is 1. The van der Waals surface area contributed by atoms with E-state index in [0.29, 0.717) is 13.0 Å². The first-order chi connectivity index (χ1) is 9.58. The first-order valence-corrected chi connectivity index (χ1v) is 7.47. The summed E-state index contributed by atoms with van der Waals surface area (Å²) in [6, 6.07) is 8.22. The standard InChI is InChI=1S/C15H19N3OS/c1-10-3-5-12(6-4-10)15-18-13(9-20-15)7-14(19)17-11(2)8-16/h3-6,9,11H,7-8,16H2,1-2H3,(H,17,19)/t11-/m0/s1. The molecule has 0 aliphatic heterocycles. The molecule has 2 aromatic rings. The van der Waals surface area contributed by atoms with Crippen molar-refractivity contribution in [2.24, 2.45) is 5.73 Å². The van der Waals surface area contributed by atoms with Crippen molar-refractivity contribution < 1.29 is 4.79 Å². The Hall–Kier alpha value is -1.72. The average Bonchev–Trinajstić information content (AvgIpc) is 2.87. The Morgan fingerprint density at radius 2 is 2.10 bits per heavy atom. The van der Waals surface area contributed by atoms with Crippen molar-refractivity contribution in [1.29, 1.82) is 0 Å². The number of nitrogens with zero attached hydrogens (tertiary/aromatic N) is 1. The van der Waals surface area contributed by atoms with Crippen LogP contribution < -0.4 is 11.1 Å². The Kier molecular flexibility index (Phi) is 4.87. The Bertz CT molecular complexity index is 577. The molecule has 0 aliphatic rings. The van der Waals surface area contributed by atoms with Gasteiger partial charge in [-0.1, -0.05) is 29.8 Å². The first-order valence-electron chi connectivity index (χ1n) is 6.59. The fourth-order valence-electron chi connectivity index (χ4n) is 1.77. The van der Waals surface area contributed by atoms with Crippen molar-refractivity contribution in [2.75, 3.05) is 6.54 Å². The minimum absolute atomic E-state index is 0.00213. The third-order valence-corrected chi connectivity index (χ3v) is 3.89. The molecule has 1 aromatic carbocycles. The molecule has 0 radical (unpaired) electrons. The molecule has 0 unspecified atom stereocenters. The summed E-state index contributed by atoms with van der Waals surface area (Å²) in [5, 5.41) is 5.71. The summed E-state index contributed by atoms with van der Waals surface area (Å²) in [5.41, 5.74) is 8.58. The molecule has 0 bridgehead atoms. The van der Waals surface area contributed by atoms with E-state index in [-0.39, 0.29) is 11.9 Å². The van der Waals surface area contributed by atoms with Crippen LogP contribution >= 0.6 is 11.3 Å². The molecule has 0 saturated heterocycles. The summed E-state index contributed by atoms with van der Waals surface area (Å²) in [7, 11) is 0. The lowest BCUT2D eigenvalue weighted by molar-refractivity contribution is -0.121. The van der Waals surface area contributed by atoms with Gasteiger partial charge < -0.3 is 11.1 Å². The number of nitrogens with two attached hydrogens (primary N) is 1. The summed E-state index contributed by atoms with van der Waals surface area (Å²) in [6.45, 7) is 4.38. The van der Waals surface area contributed by atoms with E-state index >= 15 is 0 Å². The maximum absolute atomic E-state index is 11.8. The van der Waals surface area contributed by atoms with Gasteiger partial charge in [-0.15, -0.1) is 11.3 Å². The number of hydrogen-bond acceptors (Lipinski definition) is 4. The molecule has 0 spiro atoms. The molecule has 4 nitrogen and oxygen atoms in total. The van der Waals surface area contributed by atoms with Gasteiger partial charge in [0, 0.05) is 23.5 Å². The molecular weight excluding hydrogens is 270 g/mol. The maximum atomic E-state index is 11.8. The number of aromatic nitrogens is 1. The van der Waals surface area contributed by atoms with Gasteiger partial charge in [0.25, 0.3) is 0 Å². The van der Waals surface area contributed by atoms with Crippen LogP contribution in [0.1, 0.15) is 18.2 Å². The van der Waals surface area contributed by atoms with Crippen molar-refractivity contribution >= 4 is 17.2 Å². The molecule has 20 heavy (non-hydrogen) atoms. The van der Waals surface area contributed by atoms with Gasteiger partial charge in [0.1, 0.15) is 5.01 Å². The van der Waals surface area contributed by atoms with E-state index in [2.05, 4.69) is 41.5 Å². The highest BCUT2D eigenvalue weighted by Crippen LogP contribution is 2.24. The van der Waals surface area contributed by atoms with Crippen molar-refractivity contribution in [2.45, 2.75) is 26.3 Å². The zero-order chi connectivity index (χ0) is 14.5. The molecule has 2 rings (SSSR count). The smallest absolute Gasteiger partial charge is 0.226 e. The van der Waals surface area contributed by atoms with E-state index in [0.717, 1.165) is 16.3 Å². The zero-order valence-corrected chi connectivity index (χ0v) is 12.5. The fourth-order valence-corrected chi connectivity index (χ4v) is 2.59. The molecule has 1 atom stereocenters. The second-order valence-corrected chi connectivity index (χ2v) is 5.75. The summed E-state index contributed by atoms with van der Waals surface area (Å²) in [4.78, 5) is 16.3. The second-order valence-electron chi connectivity index (χ2n) is 4.89. The number of amides is 1. The lowest BCUT2D eigenvalue weighted by Crippen LogP contribution is -2.38. The van der Waals surface area contributed by atoms with Gasteiger partial charge in [-0.05, 0) is 13.8 Å². The van der Waals surface area contributed by atoms with E-state index in [1.54, 1.807) is 11.3 Å². The third kappa shape index (κ3) is 3.88. The van der Waals surface area contributed by atoms with Crippen LogP contribution in [0.5, 0.6) is 0 Å². The van der Waals surface area contributed by atoms with E-state index < -0.39 is 0 Å². The summed E-state index contributed by atoms with van der Waals surface area (Å²) in [6.07, 6.45) is 0.298. The van der Waals surface area contributed by atoms with E-state index in [1.807, 2.05) is 12.3 Å². The molecular formula is C15H19N3OS. The van der Waals surface area contributed by atoms with Crippen molar-refractivity contribution in [3.63, 3.8) is 0 Å². The van der Waals surface area contributed by atoms with E-state index in [1.165, 1.54) is 5.56 Å². The minimum Gasteiger partial charge on any atom is -0.352 e. The highest BCUT2D eigenvalue weighted by molar-refractivity contribution is 7.13. The van der Waals surface area contributed by atoms with Crippen molar-refractivity contribution in [1.82, 2.24) is 10.3 Å². The quantitative estimate of drug-likeness (QED) is 0.886. The Morgan fingerprint density at radius 3 is 2.75 bits per heavy atom. The Labute approximate surface area is 123 Å². The van der Waals surface area contributed by atoms with Crippen LogP contribution in [0.3, 0.4) is 0 Å². The molecule has 3 N–H and O–H groups in total. The average molecular weight is 289 g/mol. The van der Waals surface area contributed by atoms with Crippen molar-refractivity contribution in [3.8, 4) is 10.6 Å². The van der Waals surface area contributed by atoms with E-state index in [4.69, 9.17) is 5.73 Å². The summed E-state index contributed by atoms with van der Waals surface area (Å²) in [5.74, 6) is -0.0382. The normalized spacial score (nSPS) is 12.2. The number of nitrogens with one attached hydrogen (secondary N) is 1. The number of aryl methyl sites for hydroxylation is 1. The number of benzene rings is 1. The molecule has 5 heteroatoms. The summed E-state index contributed by atoms with van der Waals surface area (Å²) >= 11 is 1.56. The lowest BCUT2D eigenvalue weighted by atomic mass is 10.2. The largest absolute Gasteiger partial charge is 0.352 e. The predicted molar refractivity (Wildman–Crippen MR) is 82.7 cm³/mol. The highest BCUT2D eigenvalue weighted by Gasteiger charge is 2.10. The molecule has 0 saturated carbocycles.